The lowest BCUT2D eigenvalue weighted by atomic mass is 9.91. The molecule has 2 aromatic carbocycles. The number of allylic oxidation sites excluding steroid dienone is 1. The van der Waals surface area contributed by atoms with E-state index >= 15 is 0 Å². The first kappa shape index (κ1) is 48.9. The minimum atomic E-state index is -2.74. The van der Waals surface area contributed by atoms with Crippen molar-refractivity contribution in [3.8, 4) is 0 Å². The van der Waals surface area contributed by atoms with Gasteiger partial charge in [0.2, 0.25) is 23.6 Å². The van der Waals surface area contributed by atoms with Crippen LogP contribution in [-0.4, -0.2) is 107 Å². The van der Waals surface area contributed by atoms with Crippen molar-refractivity contribution in [1.29, 1.82) is 0 Å². The molecule has 1 aromatic heterocycles. The summed E-state index contributed by atoms with van der Waals surface area (Å²) in [5, 5.41) is 9.60. The number of benzene rings is 2. The molecule has 0 bridgehead atoms. The van der Waals surface area contributed by atoms with Crippen LogP contribution >= 0.6 is 0 Å². The van der Waals surface area contributed by atoms with Gasteiger partial charge in [-0.25, -0.2) is 13.6 Å². The highest BCUT2D eigenvalue weighted by Gasteiger charge is 2.34. The average Bonchev–Trinajstić information content (AvgIpc) is 3.57. The number of halogens is 2. The highest BCUT2D eigenvalue weighted by Crippen LogP contribution is 2.39. The number of likely N-dealkylation sites (tertiary alicyclic amines) is 1. The van der Waals surface area contributed by atoms with Crippen molar-refractivity contribution in [2.75, 3.05) is 56.5 Å². The smallest absolute Gasteiger partial charge is 0.329 e. The largest absolute Gasteiger partial charge is 0.404 e. The van der Waals surface area contributed by atoms with Gasteiger partial charge in [0, 0.05) is 126 Å². The molecule has 16 nitrogen and oxygen atoms in total. The summed E-state index contributed by atoms with van der Waals surface area (Å²) < 4.78 is 32.2. The van der Waals surface area contributed by atoms with E-state index < -0.39 is 24.5 Å². The fraction of sp³-hybridized carbons (Fsp3) is 0.551. The number of carbonyl (C=O) groups excluding carboxylic acids is 4. The Balaban J connectivity index is 0.863. The number of hydrogen-bond acceptors (Lipinski definition) is 11. The molecule has 7 N–H and O–H groups in total. The zero-order chi connectivity index (χ0) is 47.8. The molecule has 5 heterocycles. The van der Waals surface area contributed by atoms with Crippen molar-refractivity contribution >= 4 is 57.8 Å². The van der Waals surface area contributed by atoms with E-state index in [0.29, 0.717) is 74.3 Å². The van der Waals surface area contributed by atoms with Crippen molar-refractivity contribution in [2.24, 2.45) is 23.5 Å². The number of fused-ring (bicyclic) bond motifs is 2. The Bertz CT molecular complexity index is 2470. The number of aryl methyl sites for hydroxylation is 2. The predicted molar refractivity (Wildman–Crippen MR) is 258 cm³/mol. The summed E-state index contributed by atoms with van der Waals surface area (Å²) in [6.07, 6.45) is 9.93. The van der Waals surface area contributed by atoms with Gasteiger partial charge in [0.15, 0.2) is 0 Å². The highest BCUT2D eigenvalue weighted by atomic mass is 19.3. The van der Waals surface area contributed by atoms with Gasteiger partial charge in [-0.2, -0.15) is 0 Å². The number of rotatable bonds is 18. The van der Waals surface area contributed by atoms with Crippen molar-refractivity contribution in [1.82, 2.24) is 29.6 Å². The zero-order valence-electron chi connectivity index (χ0n) is 39.1. The fourth-order valence-corrected chi connectivity index (χ4v) is 10.2. The van der Waals surface area contributed by atoms with Crippen LogP contribution in [0.15, 0.2) is 57.6 Å². The lowest BCUT2D eigenvalue weighted by Crippen LogP contribution is -2.53. The molecule has 7 rings (SSSR count). The van der Waals surface area contributed by atoms with Crippen LogP contribution in [0.1, 0.15) is 120 Å². The first-order chi connectivity index (χ1) is 32.3. The van der Waals surface area contributed by atoms with Gasteiger partial charge in [0.1, 0.15) is 12.2 Å². The quantitative estimate of drug-likeness (QED) is 0.0639. The maximum absolute atomic E-state index is 14.6. The monoisotopic (exact) mass is 928 g/mol. The Morgan fingerprint density at radius 3 is 2.40 bits per heavy atom. The van der Waals surface area contributed by atoms with Gasteiger partial charge in [-0.3, -0.25) is 38.6 Å². The molecule has 67 heavy (non-hydrogen) atoms. The molecule has 0 radical (unpaired) electrons. The molecular weight excluding hydrogens is 861 g/mol. The molecule has 0 aliphatic carbocycles. The Hall–Kier alpha value is -6.04. The van der Waals surface area contributed by atoms with Gasteiger partial charge in [-0.05, 0) is 80.3 Å². The van der Waals surface area contributed by atoms with E-state index in [9.17, 15) is 32.8 Å². The number of nitrogens with two attached hydrogens (primary N) is 2. The molecule has 2 atom stereocenters. The molecule has 3 aromatic rings. The highest BCUT2D eigenvalue weighted by molar-refractivity contribution is 6.10. The molecule has 0 spiro atoms. The molecule has 4 aliphatic heterocycles. The minimum Gasteiger partial charge on any atom is -0.404 e. The number of unbranched alkanes of at least 4 members (excludes halogenated alkanes) is 5. The summed E-state index contributed by atoms with van der Waals surface area (Å²) in [5.74, 6) is -0.639. The Kier molecular flexibility index (Phi) is 16.2. The topological polar surface area (TPSA) is 205 Å². The first-order valence-electron chi connectivity index (χ1n) is 23.9. The zero-order valence-corrected chi connectivity index (χ0v) is 39.1. The lowest BCUT2D eigenvalue weighted by Gasteiger charge is -2.42. The number of imide groups is 1. The van der Waals surface area contributed by atoms with Gasteiger partial charge in [-0.15, -0.1) is 0 Å². The molecule has 2 fully saturated rings. The number of aliphatic imine (C=N–C) groups is 1. The number of aromatic nitrogens is 2. The Labute approximate surface area is 390 Å². The van der Waals surface area contributed by atoms with Gasteiger partial charge in [-0.1, -0.05) is 31.7 Å². The van der Waals surface area contributed by atoms with E-state index in [1.165, 1.54) is 23.0 Å². The molecule has 362 valence electrons. The summed E-state index contributed by atoms with van der Waals surface area (Å²) in [7, 11) is 3.27. The van der Waals surface area contributed by atoms with Crippen LogP contribution in [0.25, 0.3) is 16.6 Å². The molecule has 2 unspecified atom stereocenters. The predicted octanol–water partition coefficient (Wildman–Crippen LogP) is 5.22. The van der Waals surface area contributed by atoms with Crippen molar-refractivity contribution in [3.63, 3.8) is 0 Å². The Morgan fingerprint density at radius 1 is 0.955 bits per heavy atom. The minimum absolute atomic E-state index is 0.0468. The van der Waals surface area contributed by atoms with Crippen LogP contribution in [0.5, 0.6) is 0 Å². The third-order valence-electron chi connectivity index (χ3n) is 13.9. The number of carbonyl (C=O) groups is 4. The summed E-state index contributed by atoms with van der Waals surface area (Å²) in [6.45, 7) is 5.06. The number of alkyl halides is 2. The third kappa shape index (κ3) is 11.1. The van der Waals surface area contributed by atoms with E-state index in [0.717, 1.165) is 92.4 Å². The SMILES string of the molecule is CN=CC(=CN)c1cc2c(cc1C(F)F)N(C(N)C1=C(NC3CCN(C(=O)CCCCCCCCNc4cccc5c4n(C)c(=O)n5C4CCC(=O)NC4=O)CC3)CCN(C(C)=O)C1)CCC2. The van der Waals surface area contributed by atoms with E-state index in [2.05, 4.69) is 20.9 Å². The summed E-state index contributed by atoms with van der Waals surface area (Å²) in [4.78, 5) is 73.2. The number of para-hydroxylation sites is 1. The second-order valence-electron chi connectivity index (χ2n) is 18.3. The number of nitrogens with zero attached hydrogens (tertiary/aromatic N) is 6. The van der Waals surface area contributed by atoms with Crippen LogP contribution in [-0.2, 0) is 32.6 Å². The summed E-state index contributed by atoms with van der Waals surface area (Å²) in [5.41, 5.74) is 18.9. The number of hydrogen-bond donors (Lipinski definition) is 5. The third-order valence-corrected chi connectivity index (χ3v) is 13.9. The van der Waals surface area contributed by atoms with Gasteiger partial charge in [0.25, 0.3) is 6.43 Å². The second kappa shape index (κ2) is 22.2. The van der Waals surface area contributed by atoms with Gasteiger partial charge >= 0.3 is 5.69 Å². The van der Waals surface area contributed by atoms with Crippen molar-refractivity contribution in [2.45, 2.75) is 121 Å². The standard InChI is InChI=1S/C49H67F2N11O5/c1-31(63)60-25-20-38(37(30-60)47(53)61-22-11-12-32-26-35(33(28-52)29-54-2)36(46(50)51)27-42(32)61)56-34-18-23-59(24-19-34)44(65)15-8-6-4-5-7-9-21-55-39-13-10-14-40-45(39)58(3)49(67)62(40)41-16-17-43(64)57-48(41)66/h10,13-14,26-29,34,41,46-47,55-56H,4-9,11-12,15-25,30,52-53H2,1-3H3,(H,57,64,66). The lowest BCUT2D eigenvalue weighted by molar-refractivity contribution is -0.136. The van der Waals surface area contributed by atoms with Crippen LogP contribution in [0.4, 0.5) is 20.2 Å². The summed E-state index contributed by atoms with van der Waals surface area (Å²) >= 11 is 0. The van der Waals surface area contributed by atoms with Crippen LogP contribution in [0, 0.1) is 0 Å². The molecule has 2 saturated heterocycles. The number of anilines is 2. The normalized spacial score (nSPS) is 19.1. The van der Waals surface area contributed by atoms with E-state index in [1.807, 2.05) is 28.0 Å². The van der Waals surface area contributed by atoms with E-state index in [1.54, 1.807) is 36.6 Å². The van der Waals surface area contributed by atoms with Gasteiger partial charge in [0.05, 0.1) is 16.7 Å². The van der Waals surface area contributed by atoms with Crippen LogP contribution in [0.3, 0.4) is 0 Å². The van der Waals surface area contributed by atoms with E-state index in [4.69, 9.17) is 11.5 Å². The fourth-order valence-electron chi connectivity index (χ4n) is 10.2. The first-order valence-corrected chi connectivity index (χ1v) is 23.9. The maximum Gasteiger partial charge on any atom is 0.329 e. The molecule has 18 heteroatoms. The van der Waals surface area contributed by atoms with Crippen molar-refractivity contribution < 1.29 is 28.0 Å². The van der Waals surface area contributed by atoms with Gasteiger partial charge < -0.3 is 36.8 Å². The number of imidazole rings is 1. The second-order valence-corrected chi connectivity index (χ2v) is 18.3. The molecule has 4 aliphatic rings. The number of amides is 4. The Morgan fingerprint density at radius 2 is 1.70 bits per heavy atom. The maximum atomic E-state index is 14.6. The average molecular weight is 928 g/mol. The molecule has 0 saturated carbocycles. The van der Waals surface area contributed by atoms with E-state index in [-0.39, 0.29) is 47.9 Å². The molecular formula is C49H67F2N11O5. The number of nitrogens with one attached hydrogen (secondary N) is 3. The molecule has 4 amide bonds. The number of piperidine rings is 2. The van der Waals surface area contributed by atoms with Crippen LogP contribution in [0.2, 0.25) is 0 Å². The van der Waals surface area contributed by atoms with Crippen molar-refractivity contribution in [3.05, 3.63) is 75.0 Å². The summed E-state index contributed by atoms with van der Waals surface area (Å²) in [6, 6.07) is 8.36. The van der Waals surface area contributed by atoms with Crippen LogP contribution < -0.4 is 38.0 Å².